The fourth-order valence-electron chi connectivity index (χ4n) is 2.92. The first-order valence-electron chi connectivity index (χ1n) is 7.55. The van der Waals surface area contributed by atoms with Crippen LogP contribution in [-0.2, 0) is 0 Å². The van der Waals surface area contributed by atoms with E-state index in [2.05, 4.69) is 17.1 Å². The minimum Gasteiger partial charge on any atom is -0.496 e. The topological polar surface area (TPSA) is 24.5 Å². The number of hydrogen-bond acceptors (Lipinski definition) is 3. The molecule has 1 aliphatic rings. The van der Waals surface area contributed by atoms with Crippen LogP contribution in [0.25, 0.3) is 0 Å². The van der Waals surface area contributed by atoms with Gasteiger partial charge in [-0.05, 0) is 18.6 Å². The van der Waals surface area contributed by atoms with Crippen LogP contribution < -0.4 is 10.1 Å². The standard InChI is InChI=1S/C16H25FN2O/c1-3-4-7-14(19-11-9-18-10-12-19)16-13(17)6-5-8-15(16)20-2/h5-6,8,14,18H,3-4,7,9-12H2,1-2H3/t14-/m1/s1. The Kier molecular flexibility index (Phi) is 5.80. The third-order valence-corrected chi connectivity index (χ3v) is 3.99. The van der Waals surface area contributed by atoms with Gasteiger partial charge in [-0.2, -0.15) is 0 Å². The number of methoxy groups -OCH3 is 1. The van der Waals surface area contributed by atoms with E-state index in [0.717, 1.165) is 51.0 Å². The first-order valence-corrected chi connectivity index (χ1v) is 7.55. The molecule has 1 aliphatic heterocycles. The van der Waals surface area contributed by atoms with E-state index >= 15 is 0 Å². The Morgan fingerprint density at radius 2 is 2.10 bits per heavy atom. The van der Waals surface area contributed by atoms with E-state index in [-0.39, 0.29) is 11.9 Å². The number of ether oxygens (including phenoxy) is 1. The lowest BCUT2D eigenvalue weighted by Gasteiger charge is -2.36. The zero-order chi connectivity index (χ0) is 14.4. The molecule has 0 aromatic heterocycles. The summed E-state index contributed by atoms with van der Waals surface area (Å²) >= 11 is 0. The van der Waals surface area contributed by atoms with Gasteiger partial charge < -0.3 is 10.1 Å². The zero-order valence-corrected chi connectivity index (χ0v) is 12.5. The molecule has 1 atom stereocenters. The Morgan fingerprint density at radius 3 is 2.75 bits per heavy atom. The van der Waals surface area contributed by atoms with Crippen molar-refractivity contribution in [3.05, 3.63) is 29.6 Å². The van der Waals surface area contributed by atoms with E-state index in [1.165, 1.54) is 0 Å². The highest BCUT2D eigenvalue weighted by atomic mass is 19.1. The van der Waals surface area contributed by atoms with Crippen molar-refractivity contribution in [3.8, 4) is 5.75 Å². The Hall–Kier alpha value is -1.13. The Labute approximate surface area is 121 Å². The second-order valence-electron chi connectivity index (χ2n) is 5.30. The quantitative estimate of drug-likeness (QED) is 0.867. The zero-order valence-electron chi connectivity index (χ0n) is 12.5. The predicted octanol–water partition coefficient (Wildman–Crippen LogP) is 2.97. The van der Waals surface area contributed by atoms with Gasteiger partial charge in [0.1, 0.15) is 11.6 Å². The molecule has 0 bridgehead atoms. The third-order valence-electron chi connectivity index (χ3n) is 3.99. The van der Waals surface area contributed by atoms with E-state index in [4.69, 9.17) is 4.74 Å². The summed E-state index contributed by atoms with van der Waals surface area (Å²) in [5.74, 6) is 0.522. The monoisotopic (exact) mass is 280 g/mol. The number of nitrogens with one attached hydrogen (secondary N) is 1. The number of rotatable bonds is 6. The first kappa shape index (κ1) is 15.3. The summed E-state index contributed by atoms with van der Waals surface area (Å²) in [4.78, 5) is 2.38. The SMILES string of the molecule is CCCC[C@H](c1c(F)cccc1OC)N1CCNCC1. The number of halogens is 1. The highest BCUT2D eigenvalue weighted by molar-refractivity contribution is 5.37. The average molecular weight is 280 g/mol. The molecule has 1 N–H and O–H groups in total. The van der Waals surface area contributed by atoms with Crippen LogP contribution in [0, 0.1) is 5.82 Å². The van der Waals surface area contributed by atoms with Gasteiger partial charge in [-0.25, -0.2) is 4.39 Å². The van der Waals surface area contributed by atoms with Crippen molar-refractivity contribution in [2.24, 2.45) is 0 Å². The average Bonchev–Trinajstić information content (AvgIpc) is 2.50. The second kappa shape index (κ2) is 7.60. The summed E-state index contributed by atoms with van der Waals surface area (Å²) in [6.45, 7) is 6.05. The molecule has 112 valence electrons. The van der Waals surface area contributed by atoms with Crippen molar-refractivity contribution in [2.45, 2.75) is 32.2 Å². The molecule has 3 nitrogen and oxygen atoms in total. The van der Waals surface area contributed by atoms with Crippen molar-refractivity contribution in [2.75, 3.05) is 33.3 Å². The molecule has 0 radical (unpaired) electrons. The van der Waals surface area contributed by atoms with Crippen molar-refractivity contribution in [3.63, 3.8) is 0 Å². The molecule has 1 aromatic rings. The van der Waals surface area contributed by atoms with Crippen LogP contribution in [0.4, 0.5) is 4.39 Å². The Balaban J connectivity index is 2.29. The predicted molar refractivity (Wildman–Crippen MR) is 79.7 cm³/mol. The molecular weight excluding hydrogens is 255 g/mol. The van der Waals surface area contributed by atoms with Gasteiger partial charge in [-0.1, -0.05) is 25.8 Å². The van der Waals surface area contributed by atoms with Crippen LogP contribution in [0.5, 0.6) is 5.75 Å². The fourth-order valence-corrected chi connectivity index (χ4v) is 2.92. The van der Waals surface area contributed by atoms with Crippen LogP contribution in [-0.4, -0.2) is 38.2 Å². The summed E-state index contributed by atoms with van der Waals surface area (Å²) in [5, 5.41) is 3.35. The van der Waals surface area contributed by atoms with E-state index in [9.17, 15) is 4.39 Å². The Bertz CT molecular complexity index is 419. The van der Waals surface area contributed by atoms with Gasteiger partial charge in [-0.15, -0.1) is 0 Å². The number of unbranched alkanes of at least 4 members (excludes halogenated alkanes) is 1. The van der Waals surface area contributed by atoms with Gasteiger partial charge in [0, 0.05) is 37.8 Å². The van der Waals surface area contributed by atoms with Crippen molar-refractivity contribution in [1.82, 2.24) is 10.2 Å². The molecule has 0 spiro atoms. The summed E-state index contributed by atoms with van der Waals surface area (Å²) in [5.41, 5.74) is 0.727. The summed E-state index contributed by atoms with van der Waals surface area (Å²) in [6, 6.07) is 5.23. The summed E-state index contributed by atoms with van der Waals surface area (Å²) in [6.07, 6.45) is 3.21. The highest BCUT2D eigenvalue weighted by Crippen LogP contribution is 2.35. The van der Waals surface area contributed by atoms with Crippen LogP contribution >= 0.6 is 0 Å². The highest BCUT2D eigenvalue weighted by Gasteiger charge is 2.26. The van der Waals surface area contributed by atoms with Gasteiger partial charge in [-0.3, -0.25) is 4.90 Å². The maximum atomic E-state index is 14.3. The van der Waals surface area contributed by atoms with Crippen LogP contribution in [0.1, 0.15) is 37.8 Å². The second-order valence-corrected chi connectivity index (χ2v) is 5.30. The largest absolute Gasteiger partial charge is 0.496 e. The molecular formula is C16H25FN2O. The normalized spacial score (nSPS) is 17.9. The minimum atomic E-state index is -0.149. The molecule has 20 heavy (non-hydrogen) atoms. The van der Waals surface area contributed by atoms with E-state index in [1.54, 1.807) is 19.2 Å². The van der Waals surface area contributed by atoms with Crippen molar-refractivity contribution >= 4 is 0 Å². The van der Waals surface area contributed by atoms with Gasteiger partial charge in [0.25, 0.3) is 0 Å². The van der Waals surface area contributed by atoms with Crippen LogP contribution in [0.2, 0.25) is 0 Å². The minimum absolute atomic E-state index is 0.119. The number of hydrogen-bond donors (Lipinski definition) is 1. The molecule has 1 heterocycles. The van der Waals surface area contributed by atoms with Crippen LogP contribution in [0.15, 0.2) is 18.2 Å². The summed E-state index contributed by atoms with van der Waals surface area (Å²) in [7, 11) is 1.62. The molecule has 2 rings (SSSR count). The molecule has 4 heteroatoms. The van der Waals surface area contributed by atoms with Crippen LogP contribution in [0.3, 0.4) is 0 Å². The van der Waals surface area contributed by atoms with Gasteiger partial charge in [0.05, 0.1) is 7.11 Å². The Morgan fingerprint density at radius 1 is 1.35 bits per heavy atom. The van der Waals surface area contributed by atoms with Gasteiger partial charge >= 0.3 is 0 Å². The molecule has 1 fully saturated rings. The lowest BCUT2D eigenvalue weighted by Crippen LogP contribution is -2.45. The van der Waals surface area contributed by atoms with Crippen molar-refractivity contribution in [1.29, 1.82) is 0 Å². The number of nitrogens with zero attached hydrogens (tertiary/aromatic N) is 1. The molecule has 1 aromatic carbocycles. The van der Waals surface area contributed by atoms with E-state index < -0.39 is 0 Å². The number of benzene rings is 1. The third kappa shape index (κ3) is 3.49. The molecule has 0 amide bonds. The maximum Gasteiger partial charge on any atom is 0.131 e. The molecule has 1 saturated heterocycles. The number of piperazine rings is 1. The smallest absolute Gasteiger partial charge is 0.131 e. The molecule has 0 saturated carbocycles. The first-order chi connectivity index (χ1) is 9.77. The molecule has 0 unspecified atom stereocenters. The van der Waals surface area contributed by atoms with Gasteiger partial charge in [0.15, 0.2) is 0 Å². The van der Waals surface area contributed by atoms with E-state index in [1.807, 2.05) is 6.07 Å². The summed E-state index contributed by atoms with van der Waals surface area (Å²) < 4.78 is 19.7. The van der Waals surface area contributed by atoms with E-state index in [0.29, 0.717) is 5.75 Å². The van der Waals surface area contributed by atoms with Gasteiger partial charge in [0.2, 0.25) is 0 Å². The maximum absolute atomic E-state index is 14.3. The van der Waals surface area contributed by atoms with Crippen molar-refractivity contribution < 1.29 is 9.13 Å². The molecule has 0 aliphatic carbocycles. The lowest BCUT2D eigenvalue weighted by atomic mass is 9.97. The lowest BCUT2D eigenvalue weighted by molar-refractivity contribution is 0.157. The fraction of sp³-hybridized carbons (Fsp3) is 0.625.